The van der Waals surface area contributed by atoms with E-state index in [1.54, 1.807) is 7.11 Å². The second kappa shape index (κ2) is 12.4. The summed E-state index contributed by atoms with van der Waals surface area (Å²) >= 11 is 0. The van der Waals surface area contributed by atoms with Crippen LogP contribution in [0.3, 0.4) is 0 Å². The van der Waals surface area contributed by atoms with Gasteiger partial charge in [-0.15, -0.1) is 0 Å². The smallest absolute Gasteiger partial charge is 0.303 e. The van der Waals surface area contributed by atoms with E-state index in [2.05, 4.69) is 19.0 Å². The van der Waals surface area contributed by atoms with Gasteiger partial charge in [-0.1, -0.05) is 6.92 Å². The highest BCUT2D eigenvalue weighted by atomic mass is 16.5. The van der Waals surface area contributed by atoms with E-state index in [1.165, 1.54) is 0 Å². The van der Waals surface area contributed by atoms with Crippen LogP contribution in [-0.4, -0.2) is 50.3 Å². The molecule has 0 rings (SSSR count). The van der Waals surface area contributed by atoms with E-state index >= 15 is 0 Å². The molecule has 0 aromatic heterocycles. The Morgan fingerprint density at radius 1 is 1.43 bits per heavy atom. The molecule has 0 aliphatic rings. The zero-order chi connectivity index (χ0) is 11.4. The minimum Gasteiger partial charge on any atom is -0.481 e. The highest BCUT2D eigenvalue weighted by Crippen LogP contribution is 1.82. The highest BCUT2D eigenvalue weighted by Gasteiger charge is 1.87. The van der Waals surface area contributed by atoms with Gasteiger partial charge in [-0.25, -0.2) is 0 Å². The van der Waals surface area contributed by atoms with Crippen molar-refractivity contribution in [2.45, 2.75) is 26.2 Å². The molecule has 1 N–H and O–H groups in total. The molecule has 0 amide bonds. The van der Waals surface area contributed by atoms with Gasteiger partial charge in [-0.3, -0.25) is 4.79 Å². The van der Waals surface area contributed by atoms with E-state index in [0.717, 1.165) is 26.0 Å². The second-order valence-electron chi connectivity index (χ2n) is 3.29. The van der Waals surface area contributed by atoms with Gasteiger partial charge in [0.25, 0.3) is 0 Å². The first-order chi connectivity index (χ1) is 6.54. The van der Waals surface area contributed by atoms with Crippen molar-refractivity contribution in [1.29, 1.82) is 0 Å². The zero-order valence-electron chi connectivity index (χ0n) is 9.75. The third kappa shape index (κ3) is 22.5. The van der Waals surface area contributed by atoms with Gasteiger partial charge in [0.05, 0.1) is 0 Å². The van der Waals surface area contributed by atoms with E-state index in [1.807, 2.05) is 6.92 Å². The number of carboxylic acid groups (broad SMARTS) is 1. The maximum atomic E-state index is 9.60. The Hall–Kier alpha value is -0.610. The topological polar surface area (TPSA) is 49.8 Å². The van der Waals surface area contributed by atoms with Crippen molar-refractivity contribution in [3.8, 4) is 0 Å². The zero-order valence-corrected chi connectivity index (χ0v) is 9.75. The first-order valence-electron chi connectivity index (χ1n) is 4.90. The summed E-state index contributed by atoms with van der Waals surface area (Å²) in [6.45, 7) is 3.83. The number of rotatable bonds is 6. The molecule has 0 bridgehead atoms. The number of methoxy groups -OCH3 is 1. The summed E-state index contributed by atoms with van der Waals surface area (Å²) < 4.78 is 4.87. The number of aliphatic carboxylic acids is 1. The predicted octanol–water partition coefficient (Wildman–Crippen LogP) is 1.46. The fourth-order valence-corrected chi connectivity index (χ4v) is 0.739. The molecule has 0 radical (unpaired) electrons. The second-order valence-corrected chi connectivity index (χ2v) is 3.29. The summed E-state index contributed by atoms with van der Waals surface area (Å²) in [4.78, 5) is 11.8. The van der Waals surface area contributed by atoms with Crippen LogP contribution in [-0.2, 0) is 9.53 Å². The molecule has 0 aliphatic carbocycles. The van der Waals surface area contributed by atoms with Crippen molar-refractivity contribution in [2.24, 2.45) is 0 Å². The number of nitrogens with zero attached hydrogens (tertiary/aromatic N) is 1. The third-order valence-electron chi connectivity index (χ3n) is 1.42. The number of ether oxygens (including phenoxy) is 1. The molecule has 0 aromatic rings. The molecule has 86 valence electrons. The molecule has 0 atom stereocenters. The maximum Gasteiger partial charge on any atom is 0.303 e. The summed E-state index contributed by atoms with van der Waals surface area (Å²) in [5.41, 5.74) is 0. The van der Waals surface area contributed by atoms with E-state index in [-0.39, 0.29) is 0 Å². The number of carboxylic acids is 1. The molecule has 0 spiro atoms. The van der Waals surface area contributed by atoms with Crippen LogP contribution < -0.4 is 0 Å². The molecule has 4 heteroatoms. The number of carbonyl (C=O) groups is 1. The van der Waals surface area contributed by atoms with Crippen molar-refractivity contribution in [3.63, 3.8) is 0 Å². The Bertz CT molecular complexity index is 127. The summed E-state index contributed by atoms with van der Waals surface area (Å²) in [5.74, 6) is -0.711. The van der Waals surface area contributed by atoms with Gasteiger partial charge in [0.15, 0.2) is 0 Å². The van der Waals surface area contributed by atoms with Crippen LogP contribution in [0.25, 0.3) is 0 Å². The molecule has 0 saturated carbocycles. The van der Waals surface area contributed by atoms with Gasteiger partial charge in [0.2, 0.25) is 0 Å². The van der Waals surface area contributed by atoms with Gasteiger partial charge >= 0.3 is 5.97 Å². The minimum atomic E-state index is -0.711. The van der Waals surface area contributed by atoms with Crippen LogP contribution in [0.1, 0.15) is 26.2 Å². The molecule has 0 aliphatic heterocycles. The first-order valence-corrected chi connectivity index (χ1v) is 4.90. The van der Waals surface area contributed by atoms with Crippen LogP contribution in [0.4, 0.5) is 0 Å². The van der Waals surface area contributed by atoms with E-state index in [9.17, 15) is 4.79 Å². The lowest BCUT2D eigenvalue weighted by atomic mass is 10.4. The lowest BCUT2D eigenvalue weighted by Gasteiger charge is -2.07. The van der Waals surface area contributed by atoms with Crippen LogP contribution in [0.5, 0.6) is 0 Å². The lowest BCUT2D eigenvalue weighted by Crippen LogP contribution is -2.14. The Labute approximate surface area is 86.9 Å². The predicted molar refractivity (Wildman–Crippen MR) is 57.6 cm³/mol. The minimum absolute atomic E-state index is 0.292. The van der Waals surface area contributed by atoms with Crippen LogP contribution in [0, 0.1) is 0 Å². The van der Waals surface area contributed by atoms with Crippen LogP contribution in [0.2, 0.25) is 0 Å². The van der Waals surface area contributed by atoms with Crippen molar-refractivity contribution in [1.82, 2.24) is 4.90 Å². The normalized spacial score (nSPS) is 9.50. The molecule has 0 saturated heterocycles. The fraction of sp³-hybridized carbons (Fsp3) is 0.900. The number of hydrogen-bond donors (Lipinski definition) is 1. The van der Waals surface area contributed by atoms with Gasteiger partial charge in [-0.2, -0.15) is 0 Å². The van der Waals surface area contributed by atoms with Crippen molar-refractivity contribution >= 4 is 5.97 Å². The number of hydrogen-bond acceptors (Lipinski definition) is 3. The monoisotopic (exact) mass is 205 g/mol. The van der Waals surface area contributed by atoms with Crippen molar-refractivity contribution < 1.29 is 14.6 Å². The molecule has 0 fully saturated rings. The van der Waals surface area contributed by atoms with E-state index in [4.69, 9.17) is 9.84 Å². The summed E-state index contributed by atoms with van der Waals surface area (Å²) in [6.07, 6.45) is 2.15. The summed E-state index contributed by atoms with van der Waals surface area (Å²) in [5, 5.41) is 7.91. The highest BCUT2D eigenvalue weighted by molar-refractivity contribution is 5.66. The largest absolute Gasteiger partial charge is 0.481 e. The quantitative estimate of drug-likeness (QED) is 0.667. The lowest BCUT2D eigenvalue weighted by molar-refractivity contribution is -0.137. The third-order valence-corrected chi connectivity index (χ3v) is 1.42. The molecule has 0 aromatic carbocycles. The SMILES string of the molecule is CCCC(=O)O.COCCCN(C)C. The van der Waals surface area contributed by atoms with Crippen molar-refractivity contribution in [3.05, 3.63) is 0 Å². The molecule has 4 nitrogen and oxygen atoms in total. The van der Waals surface area contributed by atoms with Gasteiger partial charge in [0.1, 0.15) is 0 Å². The van der Waals surface area contributed by atoms with Gasteiger partial charge in [0, 0.05) is 20.1 Å². The average Bonchev–Trinajstić information content (AvgIpc) is 2.05. The molecule has 0 heterocycles. The summed E-state index contributed by atoms with van der Waals surface area (Å²) in [6, 6.07) is 0. The molecule has 14 heavy (non-hydrogen) atoms. The Kier molecular flexibility index (Phi) is 14.0. The van der Waals surface area contributed by atoms with E-state index < -0.39 is 5.97 Å². The Morgan fingerprint density at radius 3 is 2.21 bits per heavy atom. The Balaban J connectivity index is 0. The van der Waals surface area contributed by atoms with E-state index in [0.29, 0.717) is 6.42 Å². The fourth-order valence-electron chi connectivity index (χ4n) is 0.739. The molecular formula is C10H23NO3. The standard InChI is InChI=1S/C6H15NO.C4H8O2/c1-7(2)5-4-6-8-3;1-2-3-4(5)6/h4-6H2,1-3H3;2-3H2,1H3,(H,5,6). The maximum absolute atomic E-state index is 9.60. The van der Waals surface area contributed by atoms with Crippen LogP contribution >= 0.6 is 0 Å². The summed E-state index contributed by atoms with van der Waals surface area (Å²) in [7, 11) is 5.86. The van der Waals surface area contributed by atoms with Gasteiger partial charge in [-0.05, 0) is 33.5 Å². The Morgan fingerprint density at radius 2 is 2.00 bits per heavy atom. The molecule has 0 unspecified atom stereocenters. The van der Waals surface area contributed by atoms with Gasteiger partial charge < -0.3 is 14.7 Å². The average molecular weight is 205 g/mol. The first kappa shape index (κ1) is 15.8. The van der Waals surface area contributed by atoms with Crippen molar-refractivity contribution in [2.75, 3.05) is 34.4 Å². The van der Waals surface area contributed by atoms with Crippen LogP contribution in [0.15, 0.2) is 0 Å². The molecular weight excluding hydrogens is 182 g/mol.